The number of rotatable bonds is 11. The van der Waals surface area contributed by atoms with Gasteiger partial charge in [-0.15, -0.1) is 0 Å². The van der Waals surface area contributed by atoms with Gasteiger partial charge in [0.15, 0.2) is 0 Å². The summed E-state index contributed by atoms with van der Waals surface area (Å²) in [5.41, 5.74) is 1.74. The van der Waals surface area contributed by atoms with Gasteiger partial charge in [0, 0.05) is 25.6 Å². The fraction of sp³-hybridized carbons (Fsp3) is 0.667. The molecule has 0 aliphatic heterocycles. The quantitative estimate of drug-likeness (QED) is 0.613. The number of hydrogen-bond donors (Lipinski definition) is 1. The second-order valence-electron chi connectivity index (χ2n) is 5.63. The normalized spacial score (nSPS) is 14.2. The molecule has 1 N–H and O–H groups in total. The van der Waals surface area contributed by atoms with Crippen LogP contribution in [-0.4, -0.2) is 26.8 Å². The van der Waals surface area contributed by atoms with E-state index in [9.17, 15) is 0 Å². The highest BCUT2D eigenvalue weighted by Gasteiger charge is 2.29. The van der Waals surface area contributed by atoms with Crippen molar-refractivity contribution in [3.63, 3.8) is 0 Å². The summed E-state index contributed by atoms with van der Waals surface area (Å²) in [6.07, 6.45) is 6.37. The van der Waals surface area contributed by atoms with Gasteiger partial charge in [-0.25, -0.2) is 0 Å². The van der Waals surface area contributed by atoms with Crippen molar-refractivity contribution < 1.29 is 4.74 Å². The van der Waals surface area contributed by atoms with Crippen molar-refractivity contribution in [2.45, 2.75) is 51.4 Å². The van der Waals surface area contributed by atoms with Crippen LogP contribution in [0.4, 0.5) is 0 Å². The number of benzene rings is 1. The molecule has 0 spiro atoms. The molecule has 0 saturated carbocycles. The van der Waals surface area contributed by atoms with Gasteiger partial charge < -0.3 is 10.1 Å². The first kappa shape index (κ1) is 17.2. The number of nitrogens with one attached hydrogen (secondary N) is 1. The predicted molar refractivity (Wildman–Crippen MR) is 87.3 cm³/mol. The van der Waals surface area contributed by atoms with E-state index in [1.54, 1.807) is 7.11 Å². The lowest BCUT2D eigenvalue weighted by Gasteiger charge is -2.34. The maximum absolute atomic E-state index is 5.13. The number of unbranched alkanes of at least 4 members (excludes halogenated alkanes) is 2. The molecule has 20 heavy (non-hydrogen) atoms. The van der Waals surface area contributed by atoms with E-state index in [4.69, 9.17) is 4.74 Å². The maximum Gasteiger partial charge on any atom is 0.0587 e. The Kier molecular flexibility index (Phi) is 8.56. The zero-order valence-electron chi connectivity index (χ0n) is 13.5. The topological polar surface area (TPSA) is 21.3 Å². The van der Waals surface area contributed by atoms with Crippen molar-refractivity contribution in [1.29, 1.82) is 0 Å². The summed E-state index contributed by atoms with van der Waals surface area (Å²) in [6, 6.07) is 11.0. The minimum atomic E-state index is 0.268. The lowest BCUT2D eigenvalue weighted by Crippen LogP contribution is -2.39. The average molecular weight is 277 g/mol. The van der Waals surface area contributed by atoms with Crippen LogP contribution in [0.5, 0.6) is 0 Å². The Bertz CT molecular complexity index is 339. The van der Waals surface area contributed by atoms with E-state index in [0.717, 1.165) is 19.7 Å². The molecule has 0 fully saturated rings. The molecule has 0 amide bonds. The Morgan fingerprint density at radius 3 is 2.45 bits per heavy atom. The fourth-order valence-corrected chi connectivity index (χ4v) is 2.85. The van der Waals surface area contributed by atoms with Gasteiger partial charge in [-0.1, -0.05) is 63.4 Å². The highest BCUT2D eigenvalue weighted by atomic mass is 16.5. The highest BCUT2D eigenvalue weighted by molar-refractivity contribution is 5.25. The molecule has 1 rings (SSSR count). The van der Waals surface area contributed by atoms with Gasteiger partial charge in [0.25, 0.3) is 0 Å². The third-order valence-electron chi connectivity index (χ3n) is 4.27. The Morgan fingerprint density at radius 1 is 1.10 bits per heavy atom. The summed E-state index contributed by atoms with van der Waals surface area (Å²) in [4.78, 5) is 0. The van der Waals surface area contributed by atoms with E-state index >= 15 is 0 Å². The minimum Gasteiger partial charge on any atom is -0.383 e. The summed E-state index contributed by atoms with van der Waals surface area (Å²) in [6.45, 7) is 7.34. The zero-order chi connectivity index (χ0) is 14.7. The van der Waals surface area contributed by atoms with Crippen LogP contribution in [0.15, 0.2) is 30.3 Å². The van der Waals surface area contributed by atoms with Crippen LogP contribution >= 0.6 is 0 Å². The molecule has 1 atom stereocenters. The van der Waals surface area contributed by atoms with Crippen LogP contribution in [0.25, 0.3) is 0 Å². The second-order valence-corrected chi connectivity index (χ2v) is 5.63. The van der Waals surface area contributed by atoms with Crippen LogP contribution < -0.4 is 5.32 Å². The molecule has 1 aromatic carbocycles. The molecule has 114 valence electrons. The molecule has 0 bridgehead atoms. The van der Waals surface area contributed by atoms with Crippen molar-refractivity contribution in [1.82, 2.24) is 5.32 Å². The Balaban J connectivity index is 2.74. The third-order valence-corrected chi connectivity index (χ3v) is 4.27. The summed E-state index contributed by atoms with van der Waals surface area (Å²) in [7, 11) is 1.76. The molecule has 0 aliphatic carbocycles. The summed E-state index contributed by atoms with van der Waals surface area (Å²) in [5, 5.41) is 3.58. The molecular formula is C18H31NO. The van der Waals surface area contributed by atoms with E-state index in [1.165, 1.54) is 37.7 Å². The first-order valence-corrected chi connectivity index (χ1v) is 8.04. The minimum absolute atomic E-state index is 0.268. The van der Waals surface area contributed by atoms with Gasteiger partial charge in [0.1, 0.15) is 0 Å². The molecular weight excluding hydrogens is 246 g/mol. The SMILES string of the molecule is CCCCCC(CC)(CNCCOC)c1ccccc1. The lowest BCUT2D eigenvalue weighted by atomic mass is 9.74. The van der Waals surface area contributed by atoms with Gasteiger partial charge >= 0.3 is 0 Å². The van der Waals surface area contributed by atoms with E-state index < -0.39 is 0 Å². The zero-order valence-corrected chi connectivity index (χ0v) is 13.5. The summed E-state index contributed by atoms with van der Waals surface area (Å²) >= 11 is 0. The van der Waals surface area contributed by atoms with Crippen molar-refractivity contribution in [2.24, 2.45) is 0 Å². The first-order valence-electron chi connectivity index (χ1n) is 8.04. The molecule has 0 aromatic heterocycles. The molecule has 0 radical (unpaired) electrons. The summed E-state index contributed by atoms with van der Waals surface area (Å²) in [5.74, 6) is 0. The molecule has 1 aromatic rings. The van der Waals surface area contributed by atoms with Gasteiger partial charge in [0.05, 0.1) is 6.61 Å². The Labute approximate surface area is 124 Å². The predicted octanol–water partition coefficient (Wildman–Crippen LogP) is 4.15. The van der Waals surface area contributed by atoms with Gasteiger partial charge in [-0.05, 0) is 18.4 Å². The van der Waals surface area contributed by atoms with Crippen molar-refractivity contribution in [3.8, 4) is 0 Å². The standard InChI is InChI=1S/C18H31NO/c1-4-6-10-13-18(5-2,16-19-14-15-20-3)17-11-8-7-9-12-17/h7-9,11-12,19H,4-6,10,13-16H2,1-3H3. The van der Waals surface area contributed by atoms with Crippen molar-refractivity contribution in [3.05, 3.63) is 35.9 Å². The summed E-state index contributed by atoms with van der Waals surface area (Å²) < 4.78 is 5.13. The third kappa shape index (κ3) is 5.26. The van der Waals surface area contributed by atoms with Crippen LogP contribution in [0.1, 0.15) is 51.5 Å². The van der Waals surface area contributed by atoms with E-state index in [-0.39, 0.29) is 5.41 Å². The molecule has 0 heterocycles. The van der Waals surface area contributed by atoms with Crippen molar-refractivity contribution >= 4 is 0 Å². The monoisotopic (exact) mass is 277 g/mol. The maximum atomic E-state index is 5.13. The number of ether oxygens (including phenoxy) is 1. The van der Waals surface area contributed by atoms with Gasteiger partial charge in [-0.2, -0.15) is 0 Å². The second kappa shape index (κ2) is 9.95. The Hall–Kier alpha value is -0.860. The molecule has 0 saturated heterocycles. The van der Waals surface area contributed by atoms with Gasteiger partial charge in [0.2, 0.25) is 0 Å². The smallest absolute Gasteiger partial charge is 0.0587 e. The van der Waals surface area contributed by atoms with Crippen LogP contribution in [-0.2, 0) is 10.2 Å². The van der Waals surface area contributed by atoms with E-state index in [1.807, 2.05) is 0 Å². The Morgan fingerprint density at radius 2 is 1.85 bits per heavy atom. The van der Waals surface area contributed by atoms with Crippen LogP contribution in [0.3, 0.4) is 0 Å². The van der Waals surface area contributed by atoms with E-state index in [0.29, 0.717) is 0 Å². The lowest BCUT2D eigenvalue weighted by molar-refractivity contribution is 0.195. The van der Waals surface area contributed by atoms with Crippen molar-refractivity contribution in [2.75, 3.05) is 26.8 Å². The van der Waals surface area contributed by atoms with Gasteiger partial charge in [-0.3, -0.25) is 0 Å². The number of methoxy groups -OCH3 is 1. The molecule has 2 nitrogen and oxygen atoms in total. The molecule has 2 heteroatoms. The average Bonchev–Trinajstić information content (AvgIpc) is 2.51. The first-order chi connectivity index (χ1) is 9.79. The highest BCUT2D eigenvalue weighted by Crippen LogP contribution is 2.33. The van der Waals surface area contributed by atoms with E-state index in [2.05, 4.69) is 49.5 Å². The molecule has 0 aliphatic rings. The molecule has 1 unspecified atom stereocenters. The van der Waals surface area contributed by atoms with Crippen LogP contribution in [0, 0.1) is 0 Å². The number of hydrogen-bond acceptors (Lipinski definition) is 2. The van der Waals surface area contributed by atoms with Crippen LogP contribution in [0.2, 0.25) is 0 Å². The fourth-order valence-electron chi connectivity index (χ4n) is 2.85. The largest absolute Gasteiger partial charge is 0.383 e.